The Balaban J connectivity index is 4.35. The summed E-state index contributed by atoms with van der Waals surface area (Å²) >= 11 is 0. The van der Waals surface area contributed by atoms with Crippen LogP contribution in [0.1, 0.15) is 13.3 Å². The minimum absolute atomic E-state index is 0.366. The molecule has 0 N–H and O–H groups in total. The second-order valence-electron chi connectivity index (χ2n) is 2.65. The van der Waals surface area contributed by atoms with Crippen LogP contribution in [0.25, 0.3) is 0 Å². The van der Waals surface area contributed by atoms with Crippen LogP contribution in [0.3, 0.4) is 0 Å². The van der Waals surface area contributed by atoms with Crippen molar-refractivity contribution in [3.05, 3.63) is 36.0 Å². The highest BCUT2D eigenvalue weighted by Crippen LogP contribution is 2.06. The number of nitriles is 1. The Morgan fingerprint density at radius 3 is 2.77 bits per heavy atom. The van der Waals surface area contributed by atoms with E-state index < -0.39 is 0 Å². The molecule has 0 aromatic rings. The third-order valence-corrected chi connectivity index (χ3v) is 1.39. The second kappa shape index (κ2) is 7.33. The molecule has 0 amide bonds. The van der Waals surface area contributed by atoms with Gasteiger partial charge in [0.15, 0.2) is 0 Å². The van der Waals surface area contributed by atoms with Crippen LogP contribution in [-0.4, -0.2) is 13.7 Å². The molecule has 0 aliphatic rings. The topological polar surface area (TPSA) is 33.0 Å². The average Bonchev–Trinajstić information content (AvgIpc) is 2.05. The normalized spacial score (nSPS) is 11.6. The van der Waals surface area contributed by atoms with E-state index in [-0.39, 0.29) is 0 Å². The minimum Gasteiger partial charge on any atom is -0.380 e. The second-order valence-corrected chi connectivity index (χ2v) is 2.65. The van der Waals surface area contributed by atoms with Crippen LogP contribution in [0.5, 0.6) is 0 Å². The van der Waals surface area contributed by atoms with Gasteiger partial charge >= 0.3 is 0 Å². The molecule has 0 saturated heterocycles. The summed E-state index contributed by atoms with van der Waals surface area (Å²) in [4.78, 5) is 0. The monoisotopic (exact) mass is 177 g/mol. The maximum absolute atomic E-state index is 8.42. The highest BCUT2D eigenvalue weighted by Gasteiger charge is 1.93. The van der Waals surface area contributed by atoms with Gasteiger partial charge in [-0.05, 0) is 18.1 Å². The van der Waals surface area contributed by atoms with Crippen molar-refractivity contribution in [3.8, 4) is 6.07 Å². The standard InChI is InChI=1S/C11H15NO/c1-4-5-11(9-13-3)8-10(2)6-7-12/h4-5,8H,2,6,9H2,1,3H3/b5-4-,11-8+. The minimum atomic E-state index is 0.366. The van der Waals surface area contributed by atoms with E-state index in [1.807, 2.05) is 31.2 Å². The van der Waals surface area contributed by atoms with Crippen LogP contribution in [-0.2, 0) is 4.74 Å². The third-order valence-electron chi connectivity index (χ3n) is 1.39. The fraction of sp³-hybridized carbons (Fsp3) is 0.364. The Kier molecular flexibility index (Phi) is 6.58. The van der Waals surface area contributed by atoms with Gasteiger partial charge in [0.05, 0.1) is 19.1 Å². The summed E-state index contributed by atoms with van der Waals surface area (Å²) < 4.78 is 4.99. The van der Waals surface area contributed by atoms with E-state index in [9.17, 15) is 0 Å². The Morgan fingerprint density at radius 2 is 2.31 bits per heavy atom. The third kappa shape index (κ3) is 5.89. The van der Waals surface area contributed by atoms with Crippen LogP contribution in [0, 0.1) is 11.3 Å². The molecule has 0 spiro atoms. The van der Waals surface area contributed by atoms with Crippen LogP contribution < -0.4 is 0 Å². The molecule has 13 heavy (non-hydrogen) atoms. The molecule has 2 heteroatoms. The van der Waals surface area contributed by atoms with Crippen molar-refractivity contribution in [3.63, 3.8) is 0 Å². The first-order valence-electron chi connectivity index (χ1n) is 4.11. The van der Waals surface area contributed by atoms with E-state index in [0.29, 0.717) is 13.0 Å². The highest BCUT2D eigenvalue weighted by molar-refractivity contribution is 5.30. The molecule has 0 fully saturated rings. The Labute approximate surface area is 79.8 Å². The molecular weight excluding hydrogens is 162 g/mol. The van der Waals surface area contributed by atoms with Gasteiger partial charge in [-0.3, -0.25) is 0 Å². The lowest BCUT2D eigenvalue weighted by molar-refractivity contribution is 0.228. The molecule has 0 heterocycles. The van der Waals surface area contributed by atoms with Crippen LogP contribution >= 0.6 is 0 Å². The predicted octanol–water partition coefficient (Wildman–Crippen LogP) is 2.61. The Morgan fingerprint density at radius 1 is 1.62 bits per heavy atom. The van der Waals surface area contributed by atoms with Crippen molar-refractivity contribution in [1.29, 1.82) is 5.26 Å². The molecule has 0 aromatic carbocycles. The number of hydrogen-bond donors (Lipinski definition) is 0. The van der Waals surface area contributed by atoms with Gasteiger partial charge in [-0.1, -0.05) is 24.8 Å². The summed E-state index contributed by atoms with van der Waals surface area (Å²) in [6.07, 6.45) is 6.13. The maximum atomic E-state index is 8.42. The van der Waals surface area contributed by atoms with E-state index in [4.69, 9.17) is 10.00 Å². The van der Waals surface area contributed by atoms with Gasteiger partial charge in [-0.25, -0.2) is 0 Å². The Hall–Kier alpha value is -1.33. The average molecular weight is 177 g/mol. The van der Waals surface area contributed by atoms with E-state index in [1.165, 1.54) is 0 Å². The van der Waals surface area contributed by atoms with Crippen molar-refractivity contribution in [2.75, 3.05) is 13.7 Å². The first-order valence-corrected chi connectivity index (χ1v) is 4.11. The quantitative estimate of drug-likeness (QED) is 0.605. The fourth-order valence-electron chi connectivity index (χ4n) is 0.933. The van der Waals surface area contributed by atoms with Crippen molar-refractivity contribution in [1.82, 2.24) is 0 Å². The zero-order valence-electron chi connectivity index (χ0n) is 8.21. The maximum Gasteiger partial charge on any atom is 0.0713 e. The van der Waals surface area contributed by atoms with E-state index in [0.717, 1.165) is 11.1 Å². The van der Waals surface area contributed by atoms with Crippen LogP contribution in [0.2, 0.25) is 0 Å². The molecule has 0 unspecified atom stereocenters. The smallest absolute Gasteiger partial charge is 0.0713 e. The molecule has 0 atom stereocenters. The van der Waals surface area contributed by atoms with Gasteiger partial charge < -0.3 is 4.74 Å². The zero-order valence-corrected chi connectivity index (χ0v) is 8.21. The van der Waals surface area contributed by atoms with Crippen LogP contribution in [0.15, 0.2) is 36.0 Å². The molecule has 0 bridgehead atoms. The van der Waals surface area contributed by atoms with Gasteiger partial charge in [-0.15, -0.1) is 0 Å². The van der Waals surface area contributed by atoms with E-state index in [2.05, 4.69) is 6.58 Å². The van der Waals surface area contributed by atoms with Crippen LogP contribution in [0.4, 0.5) is 0 Å². The number of hydrogen-bond acceptors (Lipinski definition) is 2. The van der Waals surface area contributed by atoms with Gasteiger partial charge in [0.1, 0.15) is 0 Å². The van der Waals surface area contributed by atoms with Gasteiger partial charge in [0.25, 0.3) is 0 Å². The van der Waals surface area contributed by atoms with Gasteiger partial charge in [0.2, 0.25) is 0 Å². The predicted molar refractivity (Wildman–Crippen MR) is 54.1 cm³/mol. The summed E-state index contributed by atoms with van der Waals surface area (Å²) in [7, 11) is 1.64. The molecule has 2 nitrogen and oxygen atoms in total. The first-order chi connectivity index (χ1) is 6.24. The largest absolute Gasteiger partial charge is 0.380 e. The van der Waals surface area contributed by atoms with E-state index >= 15 is 0 Å². The molecule has 0 rings (SSSR count). The molecule has 70 valence electrons. The molecule has 0 radical (unpaired) electrons. The summed E-state index contributed by atoms with van der Waals surface area (Å²) in [6, 6.07) is 2.05. The summed E-state index contributed by atoms with van der Waals surface area (Å²) in [5.41, 5.74) is 1.85. The molecule has 0 aliphatic heterocycles. The lowest BCUT2D eigenvalue weighted by Gasteiger charge is -2.00. The number of allylic oxidation sites excluding steroid dienone is 3. The highest BCUT2D eigenvalue weighted by atomic mass is 16.5. The van der Waals surface area contributed by atoms with Gasteiger partial charge in [-0.2, -0.15) is 5.26 Å². The Bertz CT molecular complexity index is 256. The SMILES string of the molecule is C=C(/C=C(\C=C/C)COC)CC#N. The number of rotatable bonds is 5. The van der Waals surface area contributed by atoms with Crippen molar-refractivity contribution in [2.24, 2.45) is 0 Å². The zero-order chi connectivity index (χ0) is 10.1. The summed E-state index contributed by atoms with van der Waals surface area (Å²) in [5, 5.41) is 8.42. The lowest BCUT2D eigenvalue weighted by Crippen LogP contribution is -1.91. The molecule has 0 saturated carbocycles. The van der Waals surface area contributed by atoms with Crippen molar-refractivity contribution >= 4 is 0 Å². The number of nitrogens with zero attached hydrogens (tertiary/aromatic N) is 1. The molecule has 0 aliphatic carbocycles. The summed E-state index contributed by atoms with van der Waals surface area (Å²) in [5.74, 6) is 0. The number of methoxy groups -OCH3 is 1. The molecular formula is C11H15NO. The first kappa shape index (κ1) is 11.7. The summed E-state index contributed by atoms with van der Waals surface area (Å²) in [6.45, 7) is 6.25. The lowest BCUT2D eigenvalue weighted by atomic mass is 10.1. The molecule has 0 aromatic heterocycles. The fourth-order valence-corrected chi connectivity index (χ4v) is 0.933. The van der Waals surface area contributed by atoms with Gasteiger partial charge in [0, 0.05) is 7.11 Å². The van der Waals surface area contributed by atoms with Crippen molar-refractivity contribution in [2.45, 2.75) is 13.3 Å². The van der Waals surface area contributed by atoms with E-state index in [1.54, 1.807) is 7.11 Å². The number of ether oxygens (including phenoxy) is 1. The van der Waals surface area contributed by atoms with Crippen molar-refractivity contribution < 1.29 is 4.74 Å².